The molecule has 1 N–H and O–H groups in total. The molecule has 1 saturated heterocycles. The number of hydrogen-bond acceptors (Lipinski definition) is 2. The maximum atomic E-state index is 12.5. The molecule has 1 atom stereocenters. The second-order valence-electron chi connectivity index (χ2n) is 5.51. The SMILES string of the molecule is O=C(NCc1cccc(Cl)c1)C1CCN(c2ccccc2)C1=O. The Labute approximate surface area is 140 Å². The second kappa shape index (κ2) is 6.84. The van der Waals surface area contributed by atoms with Crippen molar-refractivity contribution in [1.29, 1.82) is 0 Å². The summed E-state index contributed by atoms with van der Waals surface area (Å²) in [5.41, 5.74) is 1.75. The van der Waals surface area contributed by atoms with Crippen LogP contribution in [0.2, 0.25) is 5.02 Å². The highest BCUT2D eigenvalue weighted by atomic mass is 35.5. The summed E-state index contributed by atoms with van der Waals surface area (Å²) in [5, 5.41) is 3.45. The van der Waals surface area contributed by atoms with E-state index in [2.05, 4.69) is 5.32 Å². The van der Waals surface area contributed by atoms with E-state index in [1.807, 2.05) is 42.5 Å². The van der Waals surface area contributed by atoms with Crippen molar-refractivity contribution in [2.45, 2.75) is 13.0 Å². The lowest BCUT2D eigenvalue weighted by Crippen LogP contribution is -2.36. The molecule has 0 aliphatic carbocycles. The van der Waals surface area contributed by atoms with Crippen molar-refractivity contribution in [2.24, 2.45) is 5.92 Å². The van der Waals surface area contributed by atoms with Crippen LogP contribution in [0.15, 0.2) is 54.6 Å². The Morgan fingerprint density at radius 2 is 1.96 bits per heavy atom. The van der Waals surface area contributed by atoms with Gasteiger partial charge in [-0.2, -0.15) is 0 Å². The zero-order valence-corrected chi connectivity index (χ0v) is 13.3. The molecule has 2 amide bonds. The molecule has 0 saturated carbocycles. The number of hydrogen-bond donors (Lipinski definition) is 1. The Bertz CT molecular complexity index is 718. The highest BCUT2D eigenvalue weighted by Crippen LogP contribution is 2.25. The maximum absolute atomic E-state index is 12.5. The zero-order chi connectivity index (χ0) is 16.2. The number of nitrogens with one attached hydrogen (secondary N) is 1. The normalized spacial score (nSPS) is 17.3. The molecule has 1 fully saturated rings. The van der Waals surface area contributed by atoms with Gasteiger partial charge in [0.25, 0.3) is 0 Å². The highest BCUT2D eigenvalue weighted by molar-refractivity contribution is 6.30. The van der Waals surface area contributed by atoms with Gasteiger partial charge in [0.1, 0.15) is 5.92 Å². The average molecular weight is 329 g/mol. The lowest BCUT2D eigenvalue weighted by Gasteiger charge is -2.16. The van der Waals surface area contributed by atoms with Gasteiger partial charge in [-0.3, -0.25) is 9.59 Å². The fourth-order valence-corrected chi connectivity index (χ4v) is 2.96. The molecule has 0 bridgehead atoms. The molecule has 23 heavy (non-hydrogen) atoms. The monoisotopic (exact) mass is 328 g/mol. The van der Waals surface area contributed by atoms with E-state index in [1.54, 1.807) is 17.0 Å². The summed E-state index contributed by atoms with van der Waals surface area (Å²) in [6.45, 7) is 0.937. The van der Waals surface area contributed by atoms with Gasteiger partial charge >= 0.3 is 0 Å². The quantitative estimate of drug-likeness (QED) is 0.877. The predicted octanol–water partition coefficient (Wildman–Crippen LogP) is 3.01. The number of carbonyl (C=O) groups excluding carboxylic acids is 2. The molecule has 118 valence electrons. The standard InChI is InChI=1S/C18H17ClN2O2/c19-14-6-4-5-13(11-14)12-20-17(22)16-9-10-21(18(16)23)15-7-2-1-3-8-15/h1-8,11,16H,9-10,12H2,(H,20,22). The largest absolute Gasteiger partial charge is 0.351 e. The van der Waals surface area contributed by atoms with Gasteiger partial charge in [-0.1, -0.05) is 41.9 Å². The fourth-order valence-electron chi connectivity index (χ4n) is 2.75. The molecule has 0 spiro atoms. The van der Waals surface area contributed by atoms with Crippen LogP contribution in [0.25, 0.3) is 0 Å². The number of benzene rings is 2. The van der Waals surface area contributed by atoms with Crippen molar-refractivity contribution in [1.82, 2.24) is 5.32 Å². The summed E-state index contributed by atoms with van der Waals surface area (Å²) >= 11 is 5.92. The third-order valence-corrected chi connectivity index (χ3v) is 4.18. The van der Waals surface area contributed by atoms with E-state index in [4.69, 9.17) is 11.6 Å². The van der Waals surface area contributed by atoms with Crippen molar-refractivity contribution in [3.63, 3.8) is 0 Å². The molecular weight excluding hydrogens is 312 g/mol. The minimum atomic E-state index is -0.616. The van der Waals surface area contributed by atoms with E-state index in [-0.39, 0.29) is 11.8 Å². The first-order valence-corrected chi connectivity index (χ1v) is 7.91. The Hall–Kier alpha value is -2.33. The minimum absolute atomic E-state index is 0.139. The van der Waals surface area contributed by atoms with Crippen LogP contribution in [0.1, 0.15) is 12.0 Å². The van der Waals surface area contributed by atoms with Crippen LogP contribution >= 0.6 is 11.6 Å². The van der Waals surface area contributed by atoms with Crippen LogP contribution in [-0.2, 0) is 16.1 Å². The number of halogens is 1. The molecule has 5 heteroatoms. The van der Waals surface area contributed by atoms with Crippen LogP contribution in [0.5, 0.6) is 0 Å². The summed E-state index contributed by atoms with van der Waals surface area (Å²) in [6, 6.07) is 16.7. The zero-order valence-electron chi connectivity index (χ0n) is 12.5. The highest BCUT2D eigenvalue weighted by Gasteiger charge is 2.37. The van der Waals surface area contributed by atoms with E-state index in [9.17, 15) is 9.59 Å². The van der Waals surface area contributed by atoms with E-state index >= 15 is 0 Å². The van der Waals surface area contributed by atoms with Crippen molar-refractivity contribution < 1.29 is 9.59 Å². The first-order chi connectivity index (χ1) is 11.1. The Morgan fingerprint density at radius 3 is 2.70 bits per heavy atom. The molecule has 1 unspecified atom stereocenters. The molecule has 0 radical (unpaired) electrons. The van der Waals surface area contributed by atoms with E-state index in [1.165, 1.54) is 0 Å². The molecule has 1 heterocycles. The summed E-state index contributed by atoms with van der Waals surface area (Å²) in [4.78, 5) is 26.4. The van der Waals surface area contributed by atoms with Crippen molar-refractivity contribution in [2.75, 3.05) is 11.4 Å². The topological polar surface area (TPSA) is 49.4 Å². The first kappa shape index (κ1) is 15.6. The Morgan fingerprint density at radius 1 is 1.17 bits per heavy atom. The summed E-state index contributed by atoms with van der Waals surface area (Å²) in [5.74, 6) is -0.984. The molecule has 1 aliphatic rings. The van der Waals surface area contributed by atoms with E-state index in [0.29, 0.717) is 24.5 Å². The summed E-state index contributed by atoms with van der Waals surface area (Å²) < 4.78 is 0. The maximum Gasteiger partial charge on any atom is 0.239 e. The number of rotatable bonds is 4. The fraction of sp³-hybridized carbons (Fsp3) is 0.222. The van der Waals surface area contributed by atoms with Gasteiger partial charge in [-0.15, -0.1) is 0 Å². The molecule has 2 aromatic carbocycles. The second-order valence-corrected chi connectivity index (χ2v) is 5.95. The van der Waals surface area contributed by atoms with Crippen molar-refractivity contribution >= 4 is 29.1 Å². The van der Waals surface area contributed by atoms with Crippen LogP contribution in [0.4, 0.5) is 5.69 Å². The molecule has 2 aromatic rings. The van der Waals surface area contributed by atoms with Crippen LogP contribution < -0.4 is 10.2 Å². The average Bonchev–Trinajstić information content (AvgIpc) is 2.95. The predicted molar refractivity (Wildman–Crippen MR) is 90.2 cm³/mol. The first-order valence-electron chi connectivity index (χ1n) is 7.54. The molecule has 4 nitrogen and oxygen atoms in total. The van der Waals surface area contributed by atoms with Crippen molar-refractivity contribution in [3.8, 4) is 0 Å². The van der Waals surface area contributed by atoms with Gasteiger partial charge in [-0.25, -0.2) is 0 Å². The minimum Gasteiger partial charge on any atom is -0.351 e. The smallest absolute Gasteiger partial charge is 0.239 e. The van der Waals surface area contributed by atoms with E-state index < -0.39 is 5.92 Å². The van der Waals surface area contributed by atoms with Gasteiger partial charge in [0, 0.05) is 23.8 Å². The third kappa shape index (κ3) is 3.54. The van der Waals surface area contributed by atoms with Crippen LogP contribution in [0.3, 0.4) is 0 Å². The summed E-state index contributed by atoms with van der Waals surface area (Å²) in [7, 11) is 0. The molecule has 0 aromatic heterocycles. The summed E-state index contributed by atoms with van der Waals surface area (Å²) in [6.07, 6.45) is 0.537. The van der Waals surface area contributed by atoms with Crippen molar-refractivity contribution in [3.05, 3.63) is 65.2 Å². The van der Waals surface area contributed by atoms with Gasteiger partial charge in [0.2, 0.25) is 11.8 Å². The van der Waals surface area contributed by atoms with Gasteiger partial charge in [0.05, 0.1) is 0 Å². The Balaban J connectivity index is 1.61. The third-order valence-electron chi connectivity index (χ3n) is 3.95. The van der Waals surface area contributed by atoms with Gasteiger partial charge in [-0.05, 0) is 36.2 Å². The Kier molecular flexibility index (Phi) is 4.63. The molecule has 3 rings (SSSR count). The molecule has 1 aliphatic heterocycles. The number of amides is 2. The molecular formula is C18H17ClN2O2. The lowest BCUT2D eigenvalue weighted by molar-refractivity contribution is -0.132. The van der Waals surface area contributed by atoms with Crippen LogP contribution in [-0.4, -0.2) is 18.4 Å². The number of anilines is 1. The number of carbonyl (C=O) groups is 2. The van der Waals surface area contributed by atoms with Crippen LogP contribution in [0, 0.1) is 5.92 Å². The number of para-hydroxylation sites is 1. The van der Waals surface area contributed by atoms with Gasteiger partial charge in [0.15, 0.2) is 0 Å². The van der Waals surface area contributed by atoms with E-state index in [0.717, 1.165) is 11.3 Å². The lowest BCUT2D eigenvalue weighted by atomic mass is 10.1. The van der Waals surface area contributed by atoms with Gasteiger partial charge < -0.3 is 10.2 Å². The number of nitrogens with zero attached hydrogens (tertiary/aromatic N) is 1.